The highest BCUT2D eigenvalue weighted by Gasteiger charge is 2.19. The Bertz CT molecular complexity index is 438. The Hall–Kier alpha value is -1.82. The van der Waals surface area contributed by atoms with E-state index in [0.29, 0.717) is 30.9 Å². The van der Waals surface area contributed by atoms with Crippen LogP contribution >= 0.6 is 0 Å². The maximum absolute atomic E-state index is 11.3. The summed E-state index contributed by atoms with van der Waals surface area (Å²) in [6.07, 6.45) is 1.58. The summed E-state index contributed by atoms with van der Waals surface area (Å²) >= 11 is 0. The Labute approximate surface area is 119 Å². The molecule has 1 rings (SSSR count). The van der Waals surface area contributed by atoms with Crippen molar-refractivity contribution in [1.29, 1.82) is 0 Å². The SMILES string of the molecule is CCCNc1cccc(NCC(C)CCO)c1[N+](=O)[O-]. The van der Waals surface area contributed by atoms with Crippen LogP contribution in [-0.4, -0.2) is 29.7 Å². The summed E-state index contributed by atoms with van der Waals surface area (Å²) in [6.45, 7) is 5.43. The first-order valence-corrected chi connectivity index (χ1v) is 6.96. The Kier molecular flexibility index (Phi) is 6.79. The zero-order valence-corrected chi connectivity index (χ0v) is 12.1. The molecule has 0 aliphatic heterocycles. The lowest BCUT2D eigenvalue weighted by molar-refractivity contribution is -0.383. The lowest BCUT2D eigenvalue weighted by atomic mass is 10.1. The molecule has 0 saturated heterocycles. The number of para-hydroxylation sites is 1. The number of anilines is 2. The molecule has 0 fully saturated rings. The summed E-state index contributed by atoms with van der Waals surface area (Å²) in [4.78, 5) is 10.9. The lowest BCUT2D eigenvalue weighted by Gasteiger charge is -2.14. The van der Waals surface area contributed by atoms with E-state index in [9.17, 15) is 10.1 Å². The van der Waals surface area contributed by atoms with Crippen LogP contribution in [0.2, 0.25) is 0 Å². The van der Waals surface area contributed by atoms with Crippen molar-refractivity contribution >= 4 is 17.1 Å². The predicted octanol–water partition coefficient (Wildman–Crippen LogP) is 2.85. The van der Waals surface area contributed by atoms with Gasteiger partial charge in [-0.25, -0.2) is 0 Å². The molecule has 0 saturated carbocycles. The Morgan fingerprint density at radius 1 is 1.35 bits per heavy atom. The van der Waals surface area contributed by atoms with Crippen LogP contribution in [0.1, 0.15) is 26.7 Å². The minimum absolute atomic E-state index is 0.0807. The average molecular weight is 281 g/mol. The van der Waals surface area contributed by atoms with Crippen LogP contribution in [-0.2, 0) is 0 Å². The summed E-state index contributed by atoms with van der Waals surface area (Å²) in [5, 5.41) is 26.3. The van der Waals surface area contributed by atoms with Gasteiger partial charge in [0.2, 0.25) is 0 Å². The third kappa shape index (κ3) is 4.70. The molecule has 6 nitrogen and oxygen atoms in total. The van der Waals surface area contributed by atoms with E-state index in [2.05, 4.69) is 10.6 Å². The summed E-state index contributed by atoms with van der Waals surface area (Å²) in [5.74, 6) is 0.256. The van der Waals surface area contributed by atoms with Crippen molar-refractivity contribution in [3.05, 3.63) is 28.3 Å². The van der Waals surface area contributed by atoms with Gasteiger partial charge in [-0.2, -0.15) is 0 Å². The largest absolute Gasteiger partial charge is 0.396 e. The molecule has 1 atom stereocenters. The second-order valence-corrected chi connectivity index (χ2v) is 4.88. The summed E-state index contributed by atoms with van der Waals surface area (Å²) < 4.78 is 0. The zero-order chi connectivity index (χ0) is 15.0. The number of nitrogens with one attached hydrogen (secondary N) is 2. The lowest BCUT2D eigenvalue weighted by Crippen LogP contribution is -2.14. The second kappa shape index (κ2) is 8.37. The van der Waals surface area contributed by atoms with Crippen molar-refractivity contribution < 1.29 is 10.0 Å². The molecule has 0 bridgehead atoms. The van der Waals surface area contributed by atoms with Gasteiger partial charge in [-0.3, -0.25) is 10.1 Å². The third-order valence-electron chi connectivity index (χ3n) is 3.05. The van der Waals surface area contributed by atoms with Gasteiger partial charge >= 0.3 is 5.69 Å². The number of aliphatic hydroxyl groups excluding tert-OH is 1. The van der Waals surface area contributed by atoms with Crippen molar-refractivity contribution in [3.8, 4) is 0 Å². The average Bonchev–Trinajstić information content (AvgIpc) is 2.42. The van der Waals surface area contributed by atoms with E-state index in [4.69, 9.17) is 5.11 Å². The predicted molar refractivity (Wildman–Crippen MR) is 81.2 cm³/mol. The van der Waals surface area contributed by atoms with E-state index >= 15 is 0 Å². The van der Waals surface area contributed by atoms with Gasteiger partial charge in [0, 0.05) is 19.7 Å². The van der Waals surface area contributed by atoms with Gasteiger partial charge in [0.1, 0.15) is 11.4 Å². The van der Waals surface area contributed by atoms with Crippen LogP contribution in [0.25, 0.3) is 0 Å². The van der Waals surface area contributed by atoms with Crippen molar-refractivity contribution in [2.75, 3.05) is 30.3 Å². The molecule has 3 N–H and O–H groups in total. The summed E-state index contributed by atoms with van der Waals surface area (Å²) in [5.41, 5.74) is 1.13. The molecule has 0 amide bonds. The highest BCUT2D eigenvalue weighted by atomic mass is 16.6. The number of benzene rings is 1. The molecular weight excluding hydrogens is 258 g/mol. The van der Waals surface area contributed by atoms with Gasteiger partial charge in [-0.05, 0) is 30.9 Å². The molecule has 20 heavy (non-hydrogen) atoms. The fourth-order valence-electron chi connectivity index (χ4n) is 1.89. The molecule has 0 heterocycles. The monoisotopic (exact) mass is 281 g/mol. The number of nitro benzene ring substituents is 1. The van der Waals surface area contributed by atoms with Crippen LogP contribution in [0.3, 0.4) is 0 Å². The fourth-order valence-corrected chi connectivity index (χ4v) is 1.89. The van der Waals surface area contributed by atoms with Crippen molar-refractivity contribution in [2.24, 2.45) is 5.92 Å². The van der Waals surface area contributed by atoms with Gasteiger partial charge in [-0.15, -0.1) is 0 Å². The highest BCUT2D eigenvalue weighted by Crippen LogP contribution is 2.32. The maximum atomic E-state index is 11.3. The third-order valence-corrected chi connectivity index (χ3v) is 3.05. The molecule has 1 unspecified atom stereocenters. The van der Waals surface area contributed by atoms with Gasteiger partial charge in [0.05, 0.1) is 4.92 Å². The van der Waals surface area contributed by atoms with Gasteiger partial charge in [0.15, 0.2) is 0 Å². The van der Waals surface area contributed by atoms with Gasteiger partial charge in [0.25, 0.3) is 0 Å². The van der Waals surface area contributed by atoms with E-state index in [1.54, 1.807) is 18.2 Å². The van der Waals surface area contributed by atoms with Gasteiger partial charge in [-0.1, -0.05) is 19.9 Å². The van der Waals surface area contributed by atoms with Gasteiger partial charge < -0.3 is 15.7 Å². The Morgan fingerprint density at radius 2 is 2.00 bits per heavy atom. The quantitative estimate of drug-likeness (QED) is 0.478. The minimum atomic E-state index is -0.364. The molecule has 6 heteroatoms. The van der Waals surface area contributed by atoms with E-state index in [0.717, 1.165) is 6.42 Å². The first-order valence-electron chi connectivity index (χ1n) is 6.96. The fraction of sp³-hybridized carbons (Fsp3) is 0.571. The Morgan fingerprint density at radius 3 is 2.55 bits per heavy atom. The number of nitro groups is 1. The number of nitrogens with zero attached hydrogens (tertiary/aromatic N) is 1. The first-order chi connectivity index (χ1) is 9.60. The minimum Gasteiger partial charge on any atom is -0.396 e. The number of rotatable bonds is 9. The maximum Gasteiger partial charge on any atom is 0.315 e. The molecule has 0 aliphatic rings. The van der Waals surface area contributed by atoms with Crippen molar-refractivity contribution in [3.63, 3.8) is 0 Å². The smallest absolute Gasteiger partial charge is 0.315 e. The molecule has 1 aromatic carbocycles. The zero-order valence-electron chi connectivity index (χ0n) is 12.1. The normalized spacial score (nSPS) is 11.9. The standard InChI is InChI=1S/C14H23N3O3/c1-3-8-15-12-5-4-6-13(14(12)17(19)20)16-10-11(2)7-9-18/h4-6,11,15-16,18H,3,7-10H2,1-2H3. The molecule has 0 aromatic heterocycles. The summed E-state index contributed by atoms with van der Waals surface area (Å²) in [6, 6.07) is 5.22. The van der Waals surface area contributed by atoms with Crippen LogP contribution in [0.5, 0.6) is 0 Å². The Balaban J connectivity index is 2.86. The van der Waals surface area contributed by atoms with Crippen molar-refractivity contribution in [2.45, 2.75) is 26.7 Å². The highest BCUT2D eigenvalue weighted by molar-refractivity contribution is 5.76. The van der Waals surface area contributed by atoms with E-state index in [1.165, 1.54) is 0 Å². The molecule has 112 valence electrons. The van der Waals surface area contributed by atoms with Crippen LogP contribution in [0.4, 0.5) is 17.1 Å². The second-order valence-electron chi connectivity index (χ2n) is 4.88. The number of aliphatic hydroxyl groups is 1. The molecule has 0 aliphatic carbocycles. The molecule has 1 aromatic rings. The number of hydrogen-bond acceptors (Lipinski definition) is 5. The van der Waals surface area contributed by atoms with Crippen molar-refractivity contribution in [1.82, 2.24) is 0 Å². The van der Waals surface area contributed by atoms with Crippen LogP contribution in [0, 0.1) is 16.0 Å². The van der Waals surface area contributed by atoms with E-state index in [-0.39, 0.29) is 23.1 Å². The molecular formula is C14H23N3O3. The molecule has 0 radical (unpaired) electrons. The van der Waals surface area contributed by atoms with Crippen LogP contribution in [0.15, 0.2) is 18.2 Å². The number of hydrogen-bond donors (Lipinski definition) is 3. The van der Waals surface area contributed by atoms with E-state index < -0.39 is 0 Å². The summed E-state index contributed by atoms with van der Waals surface area (Å²) in [7, 11) is 0. The first kappa shape index (κ1) is 16.2. The topological polar surface area (TPSA) is 87.4 Å². The molecule has 0 spiro atoms. The van der Waals surface area contributed by atoms with E-state index in [1.807, 2.05) is 13.8 Å². The van der Waals surface area contributed by atoms with Crippen LogP contribution < -0.4 is 10.6 Å².